The van der Waals surface area contributed by atoms with Crippen LogP contribution < -0.4 is 11.2 Å². The number of anilines is 1. The molecule has 0 saturated carbocycles. The van der Waals surface area contributed by atoms with E-state index < -0.39 is 17.7 Å². The number of ketones is 1. The number of imidazole rings is 1. The fourth-order valence-corrected chi connectivity index (χ4v) is 4.49. The van der Waals surface area contributed by atoms with E-state index in [1.54, 1.807) is 41.3 Å². The van der Waals surface area contributed by atoms with Crippen molar-refractivity contribution in [1.82, 2.24) is 19.5 Å². The highest BCUT2D eigenvalue weighted by Gasteiger charge is 2.36. The molecule has 0 aliphatic carbocycles. The van der Waals surface area contributed by atoms with Crippen LogP contribution in [0.5, 0.6) is 0 Å². The maximum Gasteiger partial charge on any atom is 0.410 e. The minimum Gasteiger partial charge on any atom is -0.444 e. The van der Waals surface area contributed by atoms with E-state index in [9.17, 15) is 14.4 Å². The van der Waals surface area contributed by atoms with Crippen molar-refractivity contribution in [3.05, 3.63) is 64.7 Å². The molecule has 0 spiro atoms. The summed E-state index contributed by atoms with van der Waals surface area (Å²) in [5.41, 5.74) is 0.963. The highest BCUT2D eigenvalue weighted by Crippen LogP contribution is 2.34. The zero-order valence-electron chi connectivity index (χ0n) is 21.8. The zero-order chi connectivity index (χ0) is 27.6. The fourth-order valence-electron chi connectivity index (χ4n) is 4.38. The van der Waals surface area contributed by atoms with Crippen LogP contribution in [0.25, 0.3) is 11.3 Å². The van der Waals surface area contributed by atoms with Crippen molar-refractivity contribution in [2.75, 3.05) is 17.7 Å². The van der Waals surface area contributed by atoms with Crippen LogP contribution in [-0.2, 0) is 4.74 Å². The average molecular weight is 539 g/mol. The molecule has 0 bridgehead atoms. The number of amides is 2. The van der Waals surface area contributed by atoms with Crippen LogP contribution in [0.3, 0.4) is 0 Å². The molecule has 11 heteroatoms. The summed E-state index contributed by atoms with van der Waals surface area (Å²) < 4.78 is 6.89. The number of carbonyl (C=O) groups is 3. The smallest absolute Gasteiger partial charge is 0.410 e. The first-order valence-corrected chi connectivity index (χ1v) is 12.7. The highest BCUT2D eigenvalue weighted by atomic mass is 35.5. The summed E-state index contributed by atoms with van der Waals surface area (Å²) >= 11 is 5.85. The van der Waals surface area contributed by atoms with Gasteiger partial charge in [0.25, 0.3) is 5.91 Å². The van der Waals surface area contributed by atoms with Gasteiger partial charge in [-0.1, -0.05) is 23.7 Å². The van der Waals surface area contributed by atoms with Crippen LogP contribution in [-0.4, -0.2) is 49.5 Å². The SMILES string of the molecule is CC(=O)c1c(-c2ccc(C(=O)Nc3ccc(Cl)cn3)cc2)nc([C@@H]2CCCCN2C(=O)OC(C)(C)C)n1N. The van der Waals surface area contributed by atoms with E-state index in [2.05, 4.69) is 10.3 Å². The van der Waals surface area contributed by atoms with Gasteiger partial charge in [-0.05, 0) is 64.3 Å². The Bertz CT molecular complexity index is 1350. The van der Waals surface area contributed by atoms with E-state index in [-0.39, 0.29) is 17.4 Å². The monoisotopic (exact) mass is 538 g/mol. The molecule has 2 amide bonds. The average Bonchev–Trinajstić information content (AvgIpc) is 3.21. The molecule has 3 heterocycles. The number of piperidine rings is 1. The van der Waals surface area contributed by atoms with Gasteiger partial charge < -0.3 is 15.9 Å². The summed E-state index contributed by atoms with van der Waals surface area (Å²) in [5, 5.41) is 3.18. The van der Waals surface area contributed by atoms with E-state index in [1.807, 2.05) is 20.8 Å². The number of pyridine rings is 1. The molecule has 4 rings (SSSR count). The summed E-state index contributed by atoms with van der Waals surface area (Å²) in [5.74, 6) is 6.58. The predicted octanol–water partition coefficient (Wildman–Crippen LogP) is 5.23. The van der Waals surface area contributed by atoms with Crippen molar-refractivity contribution in [2.45, 2.75) is 58.6 Å². The fraction of sp³-hybridized carbons (Fsp3) is 0.370. The predicted molar refractivity (Wildman–Crippen MR) is 145 cm³/mol. The van der Waals surface area contributed by atoms with Crippen LogP contribution in [0.15, 0.2) is 42.6 Å². The van der Waals surface area contributed by atoms with Gasteiger partial charge in [0.05, 0.1) is 11.1 Å². The first-order valence-electron chi connectivity index (χ1n) is 12.4. The van der Waals surface area contributed by atoms with Crippen molar-refractivity contribution in [2.24, 2.45) is 0 Å². The Morgan fingerprint density at radius 2 is 1.82 bits per heavy atom. The number of rotatable bonds is 5. The molecule has 1 aliphatic rings. The van der Waals surface area contributed by atoms with Gasteiger partial charge in [0, 0.05) is 30.8 Å². The van der Waals surface area contributed by atoms with Crippen molar-refractivity contribution < 1.29 is 19.1 Å². The topological polar surface area (TPSA) is 132 Å². The van der Waals surface area contributed by atoms with Crippen molar-refractivity contribution in [3.8, 4) is 11.3 Å². The molecule has 0 unspecified atom stereocenters. The lowest BCUT2D eigenvalue weighted by Crippen LogP contribution is -2.43. The van der Waals surface area contributed by atoms with E-state index in [0.29, 0.717) is 46.5 Å². The maximum absolute atomic E-state index is 13.0. The zero-order valence-corrected chi connectivity index (χ0v) is 22.6. The number of nitrogen functional groups attached to an aromatic ring is 1. The summed E-state index contributed by atoms with van der Waals surface area (Å²) in [6.45, 7) is 7.37. The molecule has 200 valence electrons. The van der Waals surface area contributed by atoms with E-state index >= 15 is 0 Å². The molecule has 10 nitrogen and oxygen atoms in total. The van der Waals surface area contributed by atoms with Crippen molar-refractivity contribution >= 4 is 35.2 Å². The molecule has 3 aromatic rings. The molecule has 1 saturated heterocycles. The third kappa shape index (κ3) is 5.96. The molecule has 1 aromatic carbocycles. The molecule has 0 radical (unpaired) electrons. The number of ether oxygens (including phenoxy) is 1. The summed E-state index contributed by atoms with van der Waals surface area (Å²) in [6, 6.07) is 9.47. The number of carbonyl (C=O) groups excluding carboxylic acids is 3. The van der Waals surface area contributed by atoms with Gasteiger partial charge in [0.15, 0.2) is 11.6 Å². The number of nitrogens with one attached hydrogen (secondary N) is 1. The van der Waals surface area contributed by atoms with Gasteiger partial charge in [0.1, 0.15) is 22.8 Å². The largest absolute Gasteiger partial charge is 0.444 e. The Morgan fingerprint density at radius 1 is 1.11 bits per heavy atom. The second-order valence-corrected chi connectivity index (χ2v) is 10.6. The molecular weight excluding hydrogens is 508 g/mol. The Balaban J connectivity index is 1.63. The van der Waals surface area contributed by atoms with Gasteiger partial charge in [-0.15, -0.1) is 0 Å². The Morgan fingerprint density at radius 3 is 2.42 bits per heavy atom. The standard InChI is InChI=1S/C27H31ClN6O4/c1-16(35)23-22(17-8-10-18(11-9-17)25(36)31-21-13-12-19(28)15-30-21)32-24(34(23)29)20-7-5-6-14-33(20)26(37)38-27(2,3)4/h8-13,15,20H,5-7,14,29H2,1-4H3,(H,30,31,36)/t20-/m0/s1. The van der Waals surface area contributed by atoms with Gasteiger partial charge in [-0.3, -0.25) is 14.5 Å². The second kappa shape index (κ2) is 10.8. The van der Waals surface area contributed by atoms with E-state index in [4.69, 9.17) is 27.2 Å². The lowest BCUT2D eigenvalue weighted by Gasteiger charge is -2.36. The number of hydrogen-bond donors (Lipinski definition) is 2. The van der Waals surface area contributed by atoms with Gasteiger partial charge in [0.2, 0.25) is 0 Å². The quantitative estimate of drug-likeness (QED) is 0.335. The van der Waals surface area contributed by atoms with Gasteiger partial charge >= 0.3 is 6.09 Å². The highest BCUT2D eigenvalue weighted by molar-refractivity contribution is 6.30. The molecule has 3 N–H and O–H groups in total. The Hall–Kier alpha value is -3.92. The maximum atomic E-state index is 13.0. The minimum atomic E-state index is -0.648. The van der Waals surface area contributed by atoms with Gasteiger partial charge in [-0.25, -0.2) is 19.4 Å². The van der Waals surface area contributed by atoms with Crippen molar-refractivity contribution in [1.29, 1.82) is 0 Å². The normalized spacial score (nSPS) is 15.7. The molecule has 1 aliphatic heterocycles. The molecular formula is C27H31ClN6O4. The first kappa shape index (κ1) is 27.1. The number of nitrogens with two attached hydrogens (primary N) is 1. The summed E-state index contributed by atoms with van der Waals surface area (Å²) in [6.07, 6.45) is 3.36. The van der Waals surface area contributed by atoms with Crippen molar-refractivity contribution in [3.63, 3.8) is 0 Å². The van der Waals surface area contributed by atoms with Crippen LogP contribution in [0.1, 0.15) is 79.7 Å². The number of benzene rings is 1. The van der Waals surface area contributed by atoms with Crippen LogP contribution >= 0.6 is 11.6 Å². The molecule has 2 aromatic heterocycles. The number of likely N-dealkylation sites (tertiary alicyclic amines) is 1. The Labute approximate surface area is 226 Å². The first-order chi connectivity index (χ1) is 17.9. The molecule has 38 heavy (non-hydrogen) atoms. The summed E-state index contributed by atoms with van der Waals surface area (Å²) in [7, 11) is 0. The van der Waals surface area contributed by atoms with Crippen LogP contribution in [0.4, 0.5) is 10.6 Å². The lowest BCUT2D eigenvalue weighted by molar-refractivity contribution is 0.00821. The number of aromatic nitrogens is 3. The van der Waals surface area contributed by atoms with E-state index in [1.165, 1.54) is 17.8 Å². The third-order valence-corrected chi connectivity index (χ3v) is 6.31. The van der Waals surface area contributed by atoms with Crippen LogP contribution in [0, 0.1) is 0 Å². The molecule has 1 fully saturated rings. The van der Waals surface area contributed by atoms with E-state index in [0.717, 1.165) is 12.8 Å². The lowest BCUT2D eigenvalue weighted by atomic mass is 10.0. The Kier molecular flexibility index (Phi) is 7.73. The second-order valence-electron chi connectivity index (χ2n) is 10.2. The minimum absolute atomic E-state index is 0.220. The third-order valence-electron chi connectivity index (χ3n) is 6.09. The molecule has 1 atom stereocenters. The van der Waals surface area contributed by atoms with Crippen LogP contribution in [0.2, 0.25) is 5.02 Å². The number of hydrogen-bond acceptors (Lipinski definition) is 7. The number of halogens is 1. The van der Waals surface area contributed by atoms with Gasteiger partial charge in [-0.2, -0.15) is 0 Å². The summed E-state index contributed by atoms with van der Waals surface area (Å²) in [4.78, 5) is 48.7. The number of Topliss-reactive ketones (excluding diaryl/α,β-unsaturated/α-hetero) is 1. The number of nitrogens with zero attached hydrogens (tertiary/aromatic N) is 4.